The molecule has 0 saturated carbocycles. The van der Waals surface area contributed by atoms with Gasteiger partial charge in [-0.2, -0.15) is 0 Å². The number of hydrogen-bond donors (Lipinski definition) is 3. The molecule has 0 radical (unpaired) electrons. The van der Waals surface area contributed by atoms with Crippen molar-refractivity contribution in [1.29, 1.82) is 0 Å². The summed E-state index contributed by atoms with van der Waals surface area (Å²) in [5.74, 6) is 0.389. The molecule has 3 aromatic rings. The summed E-state index contributed by atoms with van der Waals surface area (Å²) in [6.45, 7) is 4.41. The highest BCUT2D eigenvalue weighted by molar-refractivity contribution is 5.98. The number of amides is 2. The van der Waals surface area contributed by atoms with Crippen molar-refractivity contribution in [3.63, 3.8) is 0 Å². The lowest BCUT2D eigenvalue weighted by molar-refractivity contribution is -0.114. The first-order valence-corrected chi connectivity index (χ1v) is 10.2. The van der Waals surface area contributed by atoms with Crippen LogP contribution in [0.2, 0.25) is 0 Å². The van der Waals surface area contributed by atoms with Crippen LogP contribution in [0, 0.1) is 0 Å². The van der Waals surface area contributed by atoms with Crippen molar-refractivity contribution in [2.45, 2.75) is 26.5 Å². The van der Waals surface area contributed by atoms with Gasteiger partial charge in [-0.3, -0.25) is 9.59 Å². The zero-order valence-corrected chi connectivity index (χ0v) is 17.7. The Morgan fingerprint density at radius 1 is 0.871 bits per heavy atom. The Labute approximate surface area is 182 Å². The predicted octanol–water partition coefficient (Wildman–Crippen LogP) is 4.45. The molecule has 3 N–H and O–H groups in total. The van der Waals surface area contributed by atoms with Gasteiger partial charge in [0.05, 0.1) is 6.54 Å². The summed E-state index contributed by atoms with van der Waals surface area (Å²) in [6, 6.07) is 24.3. The Hall–Kier alpha value is -3.80. The van der Waals surface area contributed by atoms with Crippen LogP contribution in [-0.4, -0.2) is 24.4 Å². The molecule has 3 rings (SSSR count). The lowest BCUT2D eigenvalue weighted by Gasteiger charge is -2.11. The quantitative estimate of drug-likeness (QED) is 0.480. The number of carbonyl (C=O) groups excluding carboxylic acids is 2. The van der Waals surface area contributed by atoms with Crippen molar-refractivity contribution in [3.05, 3.63) is 90.0 Å². The lowest BCUT2D eigenvalue weighted by atomic mass is 10.1. The van der Waals surface area contributed by atoms with E-state index in [1.165, 1.54) is 0 Å². The molecule has 0 fully saturated rings. The van der Waals surface area contributed by atoms with Gasteiger partial charge in [-0.25, -0.2) is 0 Å². The van der Waals surface area contributed by atoms with Gasteiger partial charge in [0.2, 0.25) is 5.91 Å². The van der Waals surface area contributed by atoms with Crippen molar-refractivity contribution in [3.8, 4) is 5.75 Å². The first-order chi connectivity index (χ1) is 15.0. The molecule has 0 aliphatic carbocycles. The second-order valence-corrected chi connectivity index (χ2v) is 7.41. The molecule has 0 heterocycles. The molecular formula is C25H27N3O3. The van der Waals surface area contributed by atoms with Crippen LogP contribution in [0.5, 0.6) is 5.75 Å². The standard InChI is InChI=1S/C25H27N3O3/c1-18(2)27-25(30)20-9-6-10-22(15-20)28-24(29)16-26-21-11-13-23(14-12-21)31-17-19-7-4-3-5-8-19/h3-15,18,26H,16-17H2,1-2H3,(H,27,30)(H,28,29). The van der Waals surface area contributed by atoms with E-state index in [-0.39, 0.29) is 24.4 Å². The average Bonchev–Trinajstić information content (AvgIpc) is 2.77. The van der Waals surface area contributed by atoms with E-state index in [2.05, 4.69) is 16.0 Å². The third-order valence-electron chi connectivity index (χ3n) is 4.38. The minimum absolute atomic E-state index is 0.0464. The smallest absolute Gasteiger partial charge is 0.251 e. The Bertz CT molecular complexity index is 1000. The predicted molar refractivity (Wildman–Crippen MR) is 123 cm³/mol. The Morgan fingerprint density at radius 3 is 2.32 bits per heavy atom. The molecule has 0 aliphatic heterocycles. The zero-order chi connectivity index (χ0) is 22.1. The summed E-state index contributed by atoms with van der Waals surface area (Å²) in [7, 11) is 0. The summed E-state index contributed by atoms with van der Waals surface area (Å²) < 4.78 is 5.77. The second kappa shape index (κ2) is 10.8. The monoisotopic (exact) mass is 417 g/mol. The summed E-state index contributed by atoms with van der Waals surface area (Å²) in [4.78, 5) is 24.4. The Morgan fingerprint density at radius 2 is 1.61 bits per heavy atom. The van der Waals surface area contributed by atoms with E-state index in [0.29, 0.717) is 17.9 Å². The maximum Gasteiger partial charge on any atom is 0.251 e. The molecule has 3 aromatic carbocycles. The summed E-state index contributed by atoms with van der Waals surface area (Å²) in [6.07, 6.45) is 0. The second-order valence-electron chi connectivity index (χ2n) is 7.41. The van der Waals surface area contributed by atoms with Crippen molar-refractivity contribution < 1.29 is 14.3 Å². The summed E-state index contributed by atoms with van der Waals surface area (Å²) in [5.41, 5.74) is 3.00. The van der Waals surface area contributed by atoms with Gasteiger partial charge in [0, 0.05) is 23.0 Å². The average molecular weight is 418 g/mol. The van der Waals surface area contributed by atoms with Crippen LogP contribution in [-0.2, 0) is 11.4 Å². The van der Waals surface area contributed by atoms with Crippen LogP contribution in [0.3, 0.4) is 0 Å². The Kier molecular flexibility index (Phi) is 7.65. The maximum absolute atomic E-state index is 12.3. The number of carbonyl (C=O) groups is 2. The van der Waals surface area contributed by atoms with E-state index >= 15 is 0 Å². The molecule has 0 aromatic heterocycles. The van der Waals surface area contributed by atoms with Gasteiger partial charge in [0.25, 0.3) is 5.91 Å². The molecule has 6 heteroatoms. The van der Waals surface area contributed by atoms with Crippen molar-refractivity contribution in [2.75, 3.05) is 17.2 Å². The first kappa shape index (κ1) is 21.9. The highest BCUT2D eigenvalue weighted by atomic mass is 16.5. The zero-order valence-electron chi connectivity index (χ0n) is 17.7. The number of hydrogen-bond acceptors (Lipinski definition) is 4. The van der Waals surface area contributed by atoms with Gasteiger partial charge in [0.15, 0.2) is 0 Å². The van der Waals surface area contributed by atoms with Crippen LogP contribution in [0.4, 0.5) is 11.4 Å². The molecule has 2 amide bonds. The van der Waals surface area contributed by atoms with Crippen LogP contribution >= 0.6 is 0 Å². The highest BCUT2D eigenvalue weighted by Crippen LogP contribution is 2.17. The number of rotatable bonds is 9. The Balaban J connectivity index is 1.47. The van der Waals surface area contributed by atoms with E-state index in [0.717, 1.165) is 17.0 Å². The molecule has 0 atom stereocenters. The van der Waals surface area contributed by atoms with Gasteiger partial charge >= 0.3 is 0 Å². The van der Waals surface area contributed by atoms with Gasteiger partial charge in [0.1, 0.15) is 12.4 Å². The van der Waals surface area contributed by atoms with Crippen LogP contribution < -0.4 is 20.7 Å². The van der Waals surface area contributed by atoms with Gasteiger partial charge in [-0.1, -0.05) is 36.4 Å². The minimum atomic E-state index is -0.203. The van der Waals surface area contributed by atoms with E-state index in [1.807, 2.05) is 68.4 Å². The van der Waals surface area contributed by atoms with E-state index < -0.39 is 0 Å². The molecule has 6 nitrogen and oxygen atoms in total. The fourth-order valence-electron chi connectivity index (χ4n) is 2.88. The number of ether oxygens (including phenoxy) is 1. The minimum Gasteiger partial charge on any atom is -0.489 e. The van der Waals surface area contributed by atoms with Gasteiger partial charge < -0.3 is 20.7 Å². The number of nitrogens with one attached hydrogen (secondary N) is 3. The van der Waals surface area contributed by atoms with Crippen LogP contribution in [0.1, 0.15) is 29.8 Å². The number of anilines is 2. The maximum atomic E-state index is 12.3. The normalized spacial score (nSPS) is 10.4. The van der Waals surface area contributed by atoms with Gasteiger partial charge in [-0.05, 0) is 61.9 Å². The SMILES string of the molecule is CC(C)NC(=O)c1cccc(NC(=O)CNc2ccc(OCc3ccccc3)cc2)c1. The van der Waals surface area contributed by atoms with E-state index in [4.69, 9.17) is 4.74 Å². The van der Waals surface area contributed by atoms with Crippen molar-refractivity contribution in [1.82, 2.24) is 5.32 Å². The first-order valence-electron chi connectivity index (χ1n) is 10.2. The summed E-state index contributed by atoms with van der Waals surface area (Å²) >= 11 is 0. The highest BCUT2D eigenvalue weighted by Gasteiger charge is 2.09. The summed E-state index contributed by atoms with van der Waals surface area (Å²) in [5, 5.41) is 8.72. The fourth-order valence-corrected chi connectivity index (χ4v) is 2.88. The molecule has 31 heavy (non-hydrogen) atoms. The van der Waals surface area contributed by atoms with Crippen molar-refractivity contribution >= 4 is 23.2 Å². The topological polar surface area (TPSA) is 79.5 Å². The number of benzene rings is 3. The molecule has 0 bridgehead atoms. The molecule has 0 spiro atoms. The van der Waals surface area contributed by atoms with E-state index in [1.54, 1.807) is 24.3 Å². The lowest BCUT2D eigenvalue weighted by Crippen LogP contribution is -2.30. The van der Waals surface area contributed by atoms with Crippen LogP contribution in [0.25, 0.3) is 0 Å². The largest absolute Gasteiger partial charge is 0.489 e. The third-order valence-corrected chi connectivity index (χ3v) is 4.38. The molecular weight excluding hydrogens is 390 g/mol. The molecule has 0 unspecified atom stereocenters. The molecule has 0 saturated heterocycles. The van der Waals surface area contributed by atoms with E-state index in [9.17, 15) is 9.59 Å². The molecule has 0 aliphatic rings. The fraction of sp³-hybridized carbons (Fsp3) is 0.200. The van der Waals surface area contributed by atoms with Crippen molar-refractivity contribution in [2.24, 2.45) is 0 Å². The third kappa shape index (κ3) is 7.19. The van der Waals surface area contributed by atoms with Crippen LogP contribution in [0.15, 0.2) is 78.9 Å². The van der Waals surface area contributed by atoms with Gasteiger partial charge in [-0.15, -0.1) is 0 Å². The molecule has 160 valence electrons.